The van der Waals surface area contributed by atoms with Crippen molar-refractivity contribution in [3.05, 3.63) is 59.3 Å². The fourth-order valence-electron chi connectivity index (χ4n) is 2.27. The quantitative estimate of drug-likeness (QED) is 0.740. The van der Waals surface area contributed by atoms with Crippen LogP contribution in [0.5, 0.6) is 17.2 Å². The van der Waals surface area contributed by atoms with Gasteiger partial charge in [0.2, 0.25) is 5.75 Å². The van der Waals surface area contributed by atoms with Crippen LogP contribution in [-0.4, -0.2) is 38.3 Å². The van der Waals surface area contributed by atoms with E-state index in [4.69, 9.17) is 14.2 Å². The Hall–Kier alpha value is -3.48. The maximum atomic E-state index is 12.5. The molecule has 1 amide bonds. The van der Waals surface area contributed by atoms with Gasteiger partial charge in [0.15, 0.2) is 11.5 Å². The first kappa shape index (κ1) is 18.9. The van der Waals surface area contributed by atoms with Crippen molar-refractivity contribution in [2.75, 3.05) is 21.3 Å². The summed E-state index contributed by atoms with van der Waals surface area (Å²) < 4.78 is 15.6. The van der Waals surface area contributed by atoms with Gasteiger partial charge in [0.25, 0.3) is 5.91 Å². The Morgan fingerprint density at radius 2 is 1.54 bits per heavy atom. The van der Waals surface area contributed by atoms with Crippen LogP contribution >= 0.6 is 0 Å². The number of ether oxygens (including phenoxy) is 3. The third-order valence-corrected chi connectivity index (χ3v) is 3.52. The van der Waals surface area contributed by atoms with Gasteiger partial charge in [-0.3, -0.25) is 4.79 Å². The largest absolute Gasteiger partial charge is 0.493 e. The van der Waals surface area contributed by atoms with Crippen LogP contribution in [0.2, 0.25) is 0 Å². The molecule has 0 atom stereocenters. The standard InChI is InChI=1S/C19H19NO6/c1-24-15-10-13(11-16(25-2)17(15)26-3)18(21)20-14(19(22)23)9-12-7-5-4-6-8-12/h4-11H,1-3H3,(H,20,21)(H,22,23)/b14-9+. The number of hydrogen-bond donors (Lipinski definition) is 2. The lowest BCUT2D eigenvalue weighted by molar-refractivity contribution is -0.132. The second-order valence-corrected chi connectivity index (χ2v) is 5.14. The molecule has 0 unspecified atom stereocenters. The molecular weight excluding hydrogens is 338 g/mol. The van der Waals surface area contributed by atoms with Crippen LogP contribution < -0.4 is 19.5 Å². The molecule has 2 aromatic carbocycles. The van der Waals surface area contributed by atoms with Crippen LogP contribution in [0.25, 0.3) is 6.08 Å². The van der Waals surface area contributed by atoms with Crippen LogP contribution in [0.4, 0.5) is 0 Å². The van der Waals surface area contributed by atoms with Gasteiger partial charge in [0.1, 0.15) is 5.70 Å². The van der Waals surface area contributed by atoms with Gasteiger partial charge in [-0.2, -0.15) is 0 Å². The number of amides is 1. The number of rotatable bonds is 7. The highest BCUT2D eigenvalue weighted by atomic mass is 16.5. The normalized spacial score (nSPS) is 10.8. The minimum atomic E-state index is -1.25. The van der Waals surface area contributed by atoms with Crippen molar-refractivity contribution in [1.29, 1.82) is 0 Å². The van der Waals surface area contributed by atoms with E-state index in [1.807, 2.05) is 6.07 Å². The zero-order chi connectivity index (χ0) is 19.1. The SMILES string of the molecule is COc1cc(C(=O)N/C(=C/c2ccccc2)C(=O)O)cc(OC)c1OC. The summed E-state index contributed by atoms with van der Waals surface area (Å²) in [6, 6.07) is 11.7. The highest BCUT2D eigenvalue weighted by Gasteiger charge is 2.19. The van der Waals surface area contributed by atoms with Crippen LogP contribution in [-0.2, 0) is 4.79 Å². The Labute approximate surface area is 150 Å². The number of methoxy groups -OCH3 is 3. The van der Waals surface area contributed by atoms with Gasteiger partial charge in [-0.15, -0.1) is 0 Å². The summed E-state index contributed by atoms with van der Waals surface area (Å²) in [7, 11) is 4.30. The molecule has 0 radical (unpaired) electrons. The Morgan fingerprint density at radius 1 is 0.962 bits per heavy atom. The zero-order valence-electron chi connectivity index (χ0n) is 14.6. The third-order valence-electron chi connectivity index (χ3n) is 3.52. The summed E-state index contributed by atoms with van der Waals surface area (Å²) in [4.78, 5) is 24.0. The number of carboxylic acids is 1. The molecule has 136 valence electrons. The van der Waals surface area contributed by atoms with E-state index < -0.39 is 11.9 Å². The molecule has 2 aromatic rings. The van der Waals surface area contributed by atoms with Gasteiger partial charge in [-0.1, -0.05) is 30.3 Å². The minimum absolute atomic E-state index is 0.166. The average Bonchev–Trinajstić information content (AvgIpc) is 2.66. The number of carbonyl (C=O) groups is 2. The van der Waals surface area contributed by atoms with E-state index in [1.54, 1.807) is 24.3 Å². The molecule has 0 saturated carbocycles. The third kappa shape index (κ3) is 4.32. The minimum Gasteiger partial charge on any atom is -0.493 e. The van der Waals surface area contributed by atoms with E-state index >= 15 is 0 Å². The number of aliphatic carboxylic acids is 1. The van der Waals surface area contributed by atoms with Gasteiger partial charge in [0, 0.05) is 5.56 Å². The Balaban J connectivity index is 2.35. The lowest BCUT2D eigenvalue weighted by Gasteiger charge is -2.14. The van der Waals surface area contributed by atoms with Crippen molar-refractivity contribution in [2.24, 2.45) is 0 Å². The van der Waals surface area contributed by atoms with E-state index in [2.05, 4.69) is 5.32 Å². The van der Waals surface area contributed by atoms with Crippen LogP contribution in [0.3, 0.4) is 0 Å². The van der Waals surface area contributed by atoms with Gasteiger partial charge >= 0.3 is 5.97 Å². The van der Waals surface area contributed by atoms with E-state index in [1.165, 1.54) is 39.5 Å². The molecule has 0 aliphatic rings. The highest BCUT2D eigenvalue weighted by Crippen LogP contribution is 2.38. The molecule has 0 spiro atoms. The molecule has 0 fully saturated rings. The molecular formula is C19H19NO6. The first-order chi connectivity index (χ1) is 12.5. The fourth-order valence-corrected chi connectivity index (χ4v) is 2.27. The molecule has 2 rings (SSSR count). The Kier molecular flexibility index (Phi) is 6.21. The Morgan fingerprint density at radius 3 is 2.00 bits per heavy atom. The first-order valence-corrected chi connectivity index (χ1v) is 7.61. The molecule has 7 heteroatoms. The number of carbonyl (C=O) groups excluding carboxylic acids is 1. The maximum absolute atomic E-state index is 12.5. The van der Waals surface area contributed by atoms with Crippen molar-refractivity contribution in [3.63, 3.8) is 0 Å². The van der Waals surface area contributed by atoms with Crippen molar-refractivity contribution >= 4 is 18.0 Å². The van der Waals surface area contributed by atoms with Crippen molar-refractivity contribution in [2.45, 2.75) is 0 Å². The van der Waals surface area contributed by atoms with Gasteiger partial charge in [-0.25, -0.2) is 4.79 Å². The van der Waals surface area contributed by atoms with Gasteiger partial charge in [0.05, 0.1) is 21.3 Å². The fraction of sp³-hybridized carbons (Fsp3) is 0.158. The van der Waals surface area contributed by atoms with Crippen LogP contribution in [0, 0.1) is 0 Å². The smallest absolute Gasteiger partial charge is 0.352 e. The maximum Gasteiger partial charge on any atom is 0.352 e. The lowest BCUT2D eigenvalue weighted by Crippen LogP contribution is -2.27. The first-order valence-electron chi connectivity index (χ1n) is 7.61. The molecule has 0 bridgehead atoms. The molecule has 0 heterocycles. The van der Waals surface area contributed by atoms with Crippen molar-refractivity contribution in [3.8, 4) is 17.2 Å². The molecule has 7 nitrogen and oxygen atoms in total. The second-order valence-electron chi connectivity index (χ2n) is 5.14. The lowest BCUT2D eigenvalue weighted by atomic mass is 10.1. The second kappa shape index (κ2) is 8.57. The van der Waals surface area contributed by atoms with E-state index in [-0.39, 0.29) is 11.3 Å². The molecule has 0 aromatic heterocycles. The summed E-state index contributed by atoms with van der Waals surface area (Å²) >= 11 is 0. The zero-order valence-corrected chi connectivity index (χ0v) is 14.6. The van der Waals surface area contributed by atoms with Gasteiger partial charge in [-0.05, 0) is 23.8 Å². The molecule has 26 heavy (non-hydrogen) atoms. The van der Waals surface area contributed by atoms with E-state index in [0.29, 0.717) is 22.8 Å². The molecule has 0 aliphatic heterocycles. The van der Waals surface area contributed by atoms with E-state index in [0.717, 1.165) is 0 Å². The average molecular weight is 357 g/mol. The van der Waals surface area contributed by atoms with Gasteiger partial charge < -0.3 is 24.6 Å². The predicted octanol–water partition coefficient (Wildman–Crippen LogP) is 2.57. The molecule has 0 aliphatic carbocycles. The van der Waals surface area contributed by atoms with Crippen LogP contribution in [0.1, 0.15) is 15.9 Å². The topological polar surface area (TPSA) is 94.1 Å². The Bertz CT molecular complexity index is 804. The summed E-state index contributed by atoms with van der Waals surface area (Å²) in [6.45, 7) is 0. The summed E-state index contributed by atoms with van der Waals surface area (Å²) in [5, 5.41) is 11.8. The number of carboxylic acid groups (broad SMARTS) is 1. The number of nitrogens with one attached hydrogen (secondary N) is 1. The van der Waals surface area contributed by atoms with Crippen molar-refractivity contribution < 1.29 is 28.9 Å². The summed E-state index contributed by atoms with van der Waals surface area (Å²) in [5.74, 6) is -0.949. The monoisotopic (exact) mass is 357 g/mol. The molecule has 2 N–H and O–H groups in total. The van der Waals surface area contributed by atoms with Crippen LogP contribution in [0.15, 0.2) is 48.2 Å². The molecule has 0 saturated heterocycles. The predicted molar refractivity (Wildman–Crippen MR) is 95.6 cm³/mol. The number of benzene rings is 2. The summed E-state index contributed by atoms with van der Waals surface area (Å²) in [6.07, 6.45) is 1.37. The summed E-state index contributed by atoms with van der Waals surface area (Å²) in [5.41, 5.74) is 0.560. The van der Waals surface area contributed by atoms with Crippen molar-refractivity contribution in [1.82, 2.24) is 5.32 Å². The van der Waals surface area contributed by atoms with E-state index in [9.17, 15) is 14.7 Å². The highest BCUT2D eigenvalue weighted by molar-refractivity contribution is 6.03. The number of hydrogen-bond acceptors (Lipinski definition) is 5.